The molecule has 0 radical (unpaired) electrons. The SMILES string of the molecule is O=C(Nc1nnc(-c2ccccc2)s1)[C@H]1CCCN1S(=O)(=O)c1ccc2ccccc2c1. The molecule has 9 heteroatoms. The van der Waals surface area contributed by atoms with Crippen LogP contribution in [0.1, 0.15) is 12.8 Å². The lowest BCUT2D eigenvalue weighted by Crippen LogP contribution is -2.43. The molecule has 0 spiro atoms. The van der Waals surface area contributed by atoms with Crippen LogP contribution in [-0.2, 0) is 14.8 Å². The van der Waals surface area contributed by atoms with Crippen LogP contribution in [0.4, 0.5) is 5.13 Å². The largest absolute Gasteiger partial charge is 0.299 e. The van der Waals surface area contributed by atoms with Crippen molar-refractivity contribution in [1.82, 2.24) is 14.5 Å². The standard InChI is InChI=1S/C23H20N4O3S2/c28-21(24-23-26-25-22(31-23)17-8-2-1-3-9-17)20-11-6-14-27(20)32(29,30)19-13-12-16-7-4-5-10-18(16)15-19/h1-5,7-10,12-13,15,20H,6,11,14H2,(H,24,26,28)/t20-/m1/s1. The number of benzene rings is 3. The normalized spacial score (nSPS) is 16.9. The maximum atomic E-state index is 13.4. The van der Waals surface area contributed by atoms with Crippen molar-refractivity contribution in [1.29, 1.82) is 0 Å². The van der Waals surface area contributed by atoms with E-state index in [1.165, 1.54) is 15.6 Å². The van der Waals surface area contributed by atoms with Gasteiger partial charge in [0.25, 0.3) is 0 Å². The summed E-state index contributed by atoms with van der Waals surface area (Å²) in [5.41, 5.74) is 0.909. The Morgan fingerprint density at radius 1 is 0.969 bits per heavy atom. The summed E-state index contributed by atoms with van der Waals surface area (Å²) in [5, 5.41) is 13.8. The Balaban J connectivity index is 1.36. The van der Waals surface area contributed by atoms with Gasteiger partial charge in [-0.3, -0.25) is 10.1 Å². The number of rotatable bonds is 5. The number of sulfonamides is 1. The molecule has 7 nitrogen and oxygen atoms in total. The van der Waals surface area contributed by atoms with Crippen molar-refractivity contribution in [2.24, 2.45) is 0 Å². The number of anilines is 1. The highest BCUT2D eigenvalue weighted by Gasteiger charge is 2.39. The first-order valence-electron chi connectivity index (χ1n) is 10.2. The fourth-order valence-corrected chi connectivity index (χ4v) is 6.36. The highest BCUT2D eigenvalue weighted by molar-refractivity contribution is 7.89. The average molecular weight is 465 g/mol. The average Bonchev–Trinajstić information content (AvgIpc) is 3.50. The molecule has 1 fully saturated rings. The minimum absolute atomic E-state index is 0.193. The Kier molecular flexibility index (Phi) is 5.46. The summed E-state index contributed by atoms with van der Waals surface area (Å²) >= 11 is 1.26. The molecule has 1 saturated heterocycles. The van der Waals surface area contributed by atoms with Gasteiger partial charge in [-0.2, -0.15) is 4.31 Å². The lowest BCUT2D eigenvalue weighted by Gasteiger charge is -2.23. The van der Waals surface area contributed by atoms with Crippen LogP contribution in [0.5, 0.6) is 0 Å². The van der Waals surface area contributed by atoms with E-state index in [1.54, 1.807) is 18.2 Å². The summed E-state index contributed by atoms with van der Waals surface area (Å²) in [5.74, 6) is -0.386. The number of hydrogen-bond donors (Lipinski definition) is 1. The van der Waals surface area contributed by atoms with Gasteiger partial charge in [0.15, 0.2) is 0 Å². The molecule has 3 aromatic carbocycles. The van der Waals surface area contributed by atoms with Crippen LogP contribution in [0, 0.1) is 0 Å². The minimum Gasteiger partial charge on any atom is -0.299 e. The van der Waals surface area contributed by atoms with Crippen LogP contribution < -0.4 is 5.32 Å². The van der Waals surface area contributed by atoms with Gasteiger partial charge < -0.3 is 0 Å². The molecule has 0 saturated carbocycles. The van der Waals surface area contributed by atoms with E-state index in [4.69, 9.17) is 0 Å². The Bertz CT molecular complexity index is 1390. The second kappa shape index (κ2) is 8.42. The molecular formula is C23H20N4O3S2. The molecule has 162 valence electrons. The molecule has 4 aromatic rings. The van der Waals surface area contributed by atoms with Crippen LogP contribution in [0.15, 0.2) is 77.7 Å². The van der Waals surface area contributed by atoms with Crippen LogP contribution in [0.2, 0.25) is 0 Å². The Labute approximate surface area is 189 Å². The maximum Gasteiger partial charge on any atom is 0.244 e. The zero-order valence-corrected chi connectivity index (χ0v) is 18.6. The van der Waals surface area contributed by atoms with Gasteiger partial charge in [-0.05, 0) is 35.7 Å². The van der Waals surface area contributed by atoms with Crippen molar-refractivity contribution >= 4 is 43.2 Å². The summed E-state index contributed by atoms with van der Waals surface area (Å²) < 4.78 is 28.0. The highest BCUT2D eigenvalue weighted by Crippen LogP contribution is 2.30. The number of nitrogens with zero attached hydrogens (tertiary/aromatic N) is 3. The molecule has 0 unspecified atom stereocenters. The number of aromatic nitrogens is 2. The van der Waals surface area contributed by atoms with Gasteiger partial charge in [-0.1, -0.05) is 72.0 Å². The van der Waals surface area contributed by atoms with Crippen LogP contribution in [0.3, 0.4) is 0 Å². The number of hydrogen-bond acceptors (Lipinski definition) is 6. The summed E-state index contributed by atoms with van der Waals surface area (Å²) in [7, 11) is -3.81. The van der Waals surface area contributed by atoms with Gasteiger partial charge in [-0.15, -0.1) is 10.2 Å². The van der Waals surface area contributed by atoms with Crippen LogP contribution >= 0.6 is 11.3 Å². The predicted octanol–water partition coefficient (Wildman–Crippen LogP) is 4.15. The van der Waals surface area contributed by atoms with Crippen molar-refractivity contribution in [2.75, 3.05) is 11.9 Å². The first-order valence-corrected chi connectivity index (χ1v) is 12.5. The molecule has 0 aliphatic carbocycles. The van der Waals surface area contributed by atoms with Crippen LogP contribution in [-0.4, -0.2) is 41.4 Å². The molecule has 1 aromatic heterocycles. The molecule has 1 aliphatic rings. The second-order valence-electron chi connectivity index (χ2n) is 7.55. The number of fused-ring (bicyclic) bond motifs is 1. The third-order valence-electron chi connectivity index (χ3n) is 5.51. The third-order valence-corrected chi connectivity index (χ3v) is 8.30. The quantitative estimate of drug-likeness (QED) is 0.479. The van der Waals surface area contributed by atoms with Gasteiger partial charge in [-0.25, -0.2) is 8.42 Å². The lowest BCUT2D eigenvalue weighted by atomic mass is 10.1. The van der Waals surface area contributed by atoms with E-state index in [0.29, 0.717) is 29.5 Å². The van der Waals surface area contributed by atoms with Gasteiger partial charge in [0.05, 0.1) is 4.90 Å². The zero-order chi connectivity index (χ0) is 22.1. The number of carbonyl (C=O) groups is 1. The topological polar surface area (TPSA) is 92.3 Å². The van der Waals surface area contributed by atoms with Crippen molar-refractivity contribution in [2.45, 2.75) is 23.8 Å². The van der Waals surface area contributed by atoms with Gasteiger partial charge in [0.1, 0.15) is 11.0 Å². The smallest absolute Gasteiger partial charge is 0.244 e. The van der Waals surface area contributed by atoms with E-state index in [1.807, 2.05) is 54.6 Å². The summed E-state index contributed by atoms with van der Waals surface area (Å²) in [6, 6.07) is 21.4. The molecule has 32 heavy (non-hydrogen) atoms. The number of nitrogens with one attached hydrogen (secondary N) is 1. The van der Waals surface area contributed by atoms with E-state index < -0.39 is 16.1 Å². The Morgan fingerprint density at radius 3 is 2.53 bits per heavy atom. The van der Waals surface area contributed by atoms with E-state index in [2.05, 4.69) is 15.5 Å². The molecule has 1 N–H and O–H groups in total. The maximum absolute atomic E-state index is 13.4. The van der Waals surface area contributed by atoms with Crippen molar-refractivity contribution in [3.05, 3.63) is 72.8 Å². The molecule has 1 aliphatic heterocycles. The summed E-state index contributed by atoms with van der Waals surface area (Å²) in [6.45, 7) is 0.304. The molecule has 1 amide bonds. The van der Waals surface area contributed by atoms with Crippen molar-refractivity contribution in [3.63, 3.8) is 0 Å². The summed E-state index contributed by atoms with van der Waals surface area (Å²) in [4.78, 5) is 13.2. The molecule has 5 rings (SSSR count). The first-order chi connectivity index (χ1) is 15.5. The fraction of sp³-hybridized carbons (Fsp3) is 0.174. The monoisotopic (exact) mass is 464 g/mol. The first kappa shape index (κ1) is 20.7. The summed E-state index contributed by atoms with van der Waals surface area (Å²) in [6.07, 6.45) is 1.08. The Morgan fingerprint density at radius 2 is 1.72 bits per heavy atom. The second-order valence-corrected chi connectivity index (χ2v) is 10.4. The molecule has 1 atom stereocenters. The van der Waals surface area contributed by atoms with E-state index in [9.17, 15) is 13.2 Å². The van der Waals surface area contributed by atoms with Crippen LogP contribution in [0.25, 0.3) is 21.3 Å². The molecule has 0 bridgehead atoms. The predicted molar refractivity (Wildman–Crippen MR) is 125 cm³/mol. The van der Waals surface area contributed by atoms with Gasteiger partial charge in [0, 0.05) is 12.1 Å². The minimum atomic E-state index is -3.81. The molecule has 2 heterocycles. The zero-order valence-electron chi connectivity index (χ0n) is 17.0. The molecular weight excluding hydrogens is 444 g/mol. The van der Waals surface area contributed by atoms with Crippen molar-refractivity contribution in [3.8, 4) is 10.6 Å². The fourth-order valence-electron chi connectivity index (χ4n) is 3.91. The number of amides is 1. The van der Waals surface area contributed by atoms with Gasteiger partial charge >= 0.3 is 0 Å². The van der Waals surface area contributed by atoms with Gasteiger partial charge in [0.2, 0.25) is 21.1 Å². The highest BCUT2D eigenvalue weighted by atomic mass is 32.2. The van der Waals surface area contributed by atoms with E-state index in [0.717, 1.165) is 16.3 Å². The lowest BCUT2D eigenvalue weighted by molar-refractivity contribution is -0.119. The Hall–Kier alpha value is -3.14. The number of carbonyl (C=O) groups excluding carboxylic acids is 1. The third kappa shape index (κ3) is 3.90. The van der Waals surface area contributed by atoms with E-state index in [-0.39, 0.29) is 10.8 Å². The van der Waals surface area contributed by atoms with Crippen molar-refractivity contribution < 1.29 is 13.2 Å². The van der Waals surface area contributed by atoms with E-state index >= 15 is 0 Å².